The average molecular weight is 347 g/mol. The zero-order valence-electron chi connectivity index (χ0n) is 13.5. The van der Waals surface area contributed by atoms with Gasteiger partial charge in [-0.2, -0.15) is 4.31 Å². The Balaban J connectivity index is 1.83. The highest BCUT2D eigenvalue weighted by Gasteiger charge is 2.36. The fraction of sp³-hybridized carbons (Fsp3) is 0.353. The lowest BCUT2D eigenvalue weighted by molar-refractivity contribution is -0.115. The van der Waals surface area contributed by atoms with E-state index in [0.29, 0.717) is 18.7 Å². The number of nitrogens with zero attached hydrogens (tertiary/aromatic N) is 1. The smallest absolute Gasteiger partial charge is 0.243 e. The molecule has 2 N–H and O–H groups in total. The molecule has 7 heteroatoms. The molecule has 1 amide bonds. The summed E-state index contributed by atoms with van der Waals surface area (Å²) in [6.45, 7) is 2.28. The molecular weight excluding hydrogens is 326 g/mol. The van der Waals surface area contributed by atoms with Crippen LogP contribution < -0.4 is 5.32 Å². The summed E-state index contributed by atoms with van der Waals surface area (Å²) in [6.07, 6.45) is 3.84. The van der Waals surface area contributed by atoms with Crippen LogP contribution in [-0.2, 0) is 14.8 Å². The number of hydrogen-bond donors (Lipinski definition) is 2. The molecule has 3 rings (SSSR count). The number of aromatic amines is 1. The summed E-state index contributed by atoms with van der Waals surface area (Å²) >= 11 is 0. The van der Waals surface area contributed by atoms with Crippen LogP contribution in [-0.4, -0.2) is 30.2 Å². The second kappa shape index (κ2) is 6.78. The number of sulfonamides is 1. The van der Waals surface area contributed by atoms with Crippen molar-refractivity contribution in [3.05, 3.63) is 48.3 Å². The number of aromatic nitrogens is 1. The fourth-order valence-corrected chi connectivity index (χ4v) is 4.66. The standard InChI is InChI=1S/C17H21N3O3S/c1-2-17(21)19-13-7-9-14(10-8-13)24(22,23)20-12-4-6-16(20)15-5-3-11-18-15/h3,5,7-11,16,18H,2,4,6,12H2,1H3,(H,19,21)/t16-/m0/s1. The number of carbonyl (C=O) groups excluding carboxylic acids is 1. The van der Waals surface area contributed by atoms with Crippen LogP contribution in [0.5, 0.6) is 0 Å². The van der Waals surface area contributed by atoms with Gasteiger partial charge in [0.25, 0.3) is 0 Å². The number of anilines is 1. The van der Waals surface area contributed by atoms with Crippen LogP contribution in [0.1, 0.15) is 37.9 Å². The largest absolute Gasteiger partial charge is 0.364 e. The van der Waals surface area contributed by atoms with E-state index in [-0.39, 0.29) is 16.8 Å². The first-order valence-electron chi connectivity index (χ1n) is 8.07. The van der Waals surface area contributed by atoms with Crippen molar-refractivity contribution in [2.24, 2.45) is 0 Å². The summed E-state index contributed by atoms with van der Waals surface area (Å²) in [7, 11) is -3.56. The summed E-state index contributed by atoms with van der Waals surface area (Å²) in [5.74, 6) is -0.100. The van der Waals surface area contributed by atoms with Crippen LogP contribution in [0.15, 0.2) is 47.5 Å². The lowest BCUT2D eigenvalue weighted by Crippen LogP contribution is -2.30. The van der Waals surface area contributed by atoms with Gasteiger partial charge in [-0.1, -0.05) is 6.92 Å². The Morgan fingerprint density at radius 3 is 2.67 bits per heavy atom. The van der Waals surface area contributed by atoms with Gasteiger partial charge in [0.15, 0.2) is 0 Å². The summed E-state index contributed by atoms with van der Waals surface area (Å²) in [4.78, 5) is 14.8. The highest BCUT2D eigenvalue weighted by Crippen LogP contribution is 2.35. The molecule has 1 aliphatic rings. The Bertz CT molecular complexity index is 798. The number of carbonyl (C=O) groups is 1. The molecule has 0 aliphatic carbocycles. The SMILES string of the molecule is CCC(=O)Nc1ccc(S(=O)(=O)N2CCC[C@H]2c2ccc[nH]2)cc1. The van der Waals surface area contributed by atoms with Gasteiger partial charge in [-0.25, -0.2) is 8.42 Å². The number of H-pyrrole nitrogens is 1. The summed E-state index contributed by atoms with van der Waals surface area (Å²) in [5.41, 5.74) is 1.52. The van der Waals surface area contributed by atoms with Gasteiger partial charge in [0, 0.05) is 30.5 Å². The third-order valence-corrected chi connectivity index (χ3v) is 6.17. The van der Waals surface area contributed by atoms with Crippen molar-refractivity contribution in [2.45, 2.75) is 37.1 Å². The highest BCUT2D eigenvalue weighted by atomic mass is 32.2. The molecule has 128 valence electrons. The Morgan fingerprint density at radius 2 is 2.04 bits per heavy atom. The zero-order chi connectivity index (χ0) is 17.2. The van der Waals surface area contributed by atoms with E-state index in [4.69, 9.17) is 0 Å². The molecule has 0 unspecified atom stereocenters. The quantitative estimate of drug-likeness (QED) is 0.872. The van der Waals surface area contributed by atoms with Crippen LogP contribution in [0.4, 0.5) is 5.69 Å². The van der Waals surface area contributed by atoms with Crippen molar-refractivity contribution in [3.63, 3.8) is 0 Å². The Labute approximate surface area is 141 Å². The maximum Gasteiger partial charge on any atom is 0.243 e. The first-order valence-corrected chi connectivity index (χ1v) is 9.51. The molecule has 2 heterocycles. The van der Waals surface area contributed by atoms with E-state index < -0.39 is 10.0 Å². The van der Waals surface area contributed by atoms with Gasteiger partial charge in [-0.15, -0.1) is 0 Å². The second-order valence-corrected chi connectivity index (χ2v) is 7.72. The van der Waals surface area contributed by atoms with Gasteiger partial charge >= 0.3 is 0 Å². The topological polar surface area (TPSA) is 82.3 Å². The summed E-state index contributed by atoms with van der Waals surface area (Å²) in [6, 6.07) is 9.99. The third kappa shape index (κ3) is 3.22. The lowest BCUT2D eigenvalue weighted by atomic mass is 10.2. The number of hydrogen-bond acceptors (Lipinski definition) is 3. The van der Waals surface area contributed by atoms with Crippen molar-refractivity contribution in [2.75, 3.05) is 11.9 Å². The van der Waals surface area contributed by atoms with E-state index >= 15 is 0 Å². The Morgan fingerprint density at radius 1 is 1.29 bits per heavy atom. The molecular formula is C17H21N3O3S. The molecule has 1 atom stereocenters. The van der Waals surface area contributed by atoms with Crippen LogP contribution in [0.25, 0.3) is 0 Å². The van der Waals surface area contributed by atoms with Gasteiger partial charge in [0.2, 0.25) is 15.9 Å². The Kier molecular flexibility index (Phi) is 4.73. The minimum atomic E-state index is -3.56. The number of amides is 1. The number of nitrogens with one attached hydrogen (secondary N) is 2. The average Bonchev–Trinajstić information content (AvgIpc) is 3.26. The van der Waals surface area contributed by atoms with Crippen LogP contribution >= 0.6 is 0 Å². The maximum absolute atomic E-state index is 13.0. The molecule has 2 aromatic rings. The van der Waals surface area contributed by atoms with E-state index in [1.54, 1.807) is 35.5 Å². The predicted octanol–water partition coefficient (Wildman–Crippen LogP) is 2.89. The van der Waals surface area contributed by atoms with Crippen molar-refractivity contribution in [1.82, 2.24) is 9.29 Å². The van der Waals surface area contributed by atoms with Crippen molar-refractivity contribution in [1.29, 1.82) is 0 Å². The van der Waals surface area contributed by atoms with Crippen LogP contribution in [0.2, 0.25) is 0 Å². The van der Waals surface area contributed by atoms with E-state index in [9.17, 15) is 13.2 Å². The number of benzene rings is 1. The molecule has 24 heavy (non-hydrogen) atoms. The zero-order valence-corrected chi connectivity index (χ0v) is 14.3. The first-order chi connectivity index (χ1) is 11.5. The van der Waals surface area contributed by atoms with Crippen LogP contribution in [0.3, 0.4) is 0 Å². The van der Waals surface area contributed by atoms with Gasteiger partial charge in [-0.3, -0.25) is 4.79 Å². The molecule has 1 aromatic carbocycles. The first kappa shape index (κ1) is 16.7. The van der Waals surface area contributed by atoms with Gasteiger partial charge in [0.05, 0.1) is 10.9 Å². The van der Waals surface area contributed by atoms with E-state index in [0.717, 1.165) is 18.5 Å². The van der Waals surface area contributed by atoms with Gasteiger partial charge in [0.1, 0.15) is 0 Å². The van der Waals surface area contributed by atoms with Gasteiger partial charge < -0.3 is 10.3 Å². The molecule has 0 saturated carbocycles. The molecule has 1 aromatic heterocycles. The molecule has 0 bridgehead atoms. The predicted molar refractivity (Wildman–Crippen MR) is 92.0 cm³/mol. The summed E-state index contributed by atoms with van der Waals surface area (Å²) < 4.78 is 27.5. The number of rotatable bonds is 5. The fourth-order valence-electron chi connectivity index (χ4n) is 2.99. The molecule has 1 aliphatic heterocycles. The van der Waals surface area contributed by atoms with E-state index in [2.05, 4.69) is 10.3 Å². The molecule has 1 fully saturated rings. The van der Waals surface area contributed by atoms with Crippen LogP contribution in [0, 0.1) is 0 Å². The van der Waals surface area contributed by atoms with E-state index in [1.807, 2.05) is 18.3 Å². The minimum Gasteiger partial charge on any atom is -0.364 e. The van der Waals surface area contributed by atoms with Gasteiger partial charge in [-0.05, 0) is 49.2 Å². The Hall–Kier alpha value is -2.12. The van der Waals surface area contributed by atoms with Crippen molar-refractivity contribution in [3.8, 4) is 0 Å². The minimum absolute atomic E-state index is 0.100. The lowest BCUT2D eigenvalue weighted by Gasteiger charge is -2.23. The monoisotopic (exact) mass is 347 g/mol. The van der Waals surface area contributed by atoms with E-state index in [1.165, 1.54) is 0 Å². The molecule has 1 saturated heterocycles. The maximum atomic E-state index is 13.0. The normalized spacial score (nSPS) is 18.6. The summed E-state index contributed by atoms with van der Waals surface area (Å²) in [5, 5.41) is 2.72. The molecule has 0 radical (unpaired) electrons. The van der Waals surface area contributed by atoms with Crippen molar-refractivity contribution < 1.29 is 13.2 Å². The molecule has 6 nitrogen and oxygen atoms in total. The highest BCUT2D eigenvalue weighted by molar-refractivity contribution is 7.89. The van der Waals surface area contributed by atoms with Crippen molar-refractivity contribution >= 4 is 21.6 Å². The second-order valence-electron chi connectivity index (χ2n) is 5.83. The third-order valence-electron chi connectivity index (χ3n) is 4.25. The molecule has 0 spiro atoms.